The van der Waals surface area contributed by atoms with Crippen LogP contribution in [0.25, 0.3) is 0 Å². The molecule has 3 rings (SSSR count). The van der Waals surface area contributed by atoms with Gasteiger partial charge in [0.2, 0.25) is 0 Å². The number of aryl methyl sites for hydroxylation is 2. The third-order valence-corrected chi connectivity index (χ3v) is 7.27. The highest BCUT2D eigenvalue weighted by Crippen LogP contribution is 2.23. The molecule has 0 bridgehead atoms. The van der Waals surface area contributed by atoms with Gasteiger partial charge in [-0.15, -0.1) is 0 Å². The zero-order valence-corrected chi connectivity index (χ0v) is 19.5. The first-order valence-corrected chi connectivity index (χ1v) is 12.4. The Morgan fingerprint density at radius 2 is 1.83 bits per heavy atom. The molecule has 0 spiro atoms. The molecular weight excluding hydrogens is 456 g/mol. The molecule has 1 saturated heterocycles. The first-order chi connectivity index (χ1) is 13.7. The second-order valence-corrected chi connectivity index (χ2v) is 10.2. The van der Waals surface area contributed by atoms with E-state index in [1.54, 1.807) is 16.8 Å². The first-order valence-electron chi connectivity index (χ1n) is 9.74. The number of halogens is 1. The second-order valence-electron chi connectivity index (χ2n) is 7.40. The average molecular weight is 483 g/mol. The molecule has 0 saturated carbocycles. The number of carbonyl (C=O) groups is 1. The van der Waals surface area contributed by atoms with Gasteiger partial charge in [-0.25, -0.2) is 8.42 Å². The van der Waals surface area contributed by atoms with Crippen molar-refractivity contribution in [1.82, 2.24) is 19.6 Å². The summed E-state index contributed by atoms with van der Waals surface area (Å²) in [6.07, 6.45) is 2.11. The number of hydrogen-bond donors (Lipinski definition) is 0. The molecule has 29 heavy (non-hydrogen) atoms. The Morgan fingerprint density at radius 3 is 2.45 bits per heavy atom. The lowest BCUT2D eigenvalue weighted by Gasteiger charge is -2.22. The Kier molecular flexibility index (Phi) is 6.80. The second kappa shape index (κ2) is 8.97. The molecule has 0 unspecified atom stereocenters. The van der Waals surface area contributed by atoms with E-state index >= 15 is 0 Å². The fourth-order valence-corrected chi connectivity index (χ4v) is 4.66. The Balaban J connectivity index is 1.65. The zero-order chi connectivity index (χ0) is 21.2. The van der Waals surface area contributed by atoms with Crippen LogP contribution in [0, 0.1) is 6.92 Å². The van der Waals surface area contributed by atoms with Crippen LogP contribution in [0.3, 0.4) is 0 Å². The quantitative estimate of drug-likeness (QED) is 0.654. The van der Waals surface area contributed by atoms with Crippen LogP contribution in [0.4, 0.5) is 0 Å². The molecule has 0 aliphatic carbocycles. The topological polar surface area (TPSA) is 75.5 Å². The minimum atomic E-state index is -3.18. The van der Waals surface area contributed by atoms with E-state index in [2.05, 4.69) is 25.9 Å². The van der Waals surface area contributed by atoms with Crippen LogP contribution in [0.5, 0.6) is 0 Å². The lowest BCUT2D eigenvalue weighted by Crippen LogP contribution is -2.36. The minimum Gasteiger partial charge on any atom is -0.336 e. The van der Waals surface area contributed by atoms with Gasteiger partial charge in [-0.05, 0) is 53.9 Å². The van der Waals surface area contributed by atoms with Gasteiger partial charge in [0.05, 0.1) is 15.1 Å². The van der Waals surface area contributed by atoms with Gasteiger partial charge in [0.25, 0.3) is 5.91 Å². The maximum Gasteiger partial charge on any atom is 0.273 e. The third-order valence-electron chi connectivity index (χ3n) is 5.19. The predicted molar refractivity (Wildman–Crippen MR) is 116 cm³/mol. The summed E-state index contributed by atoms with van der Waals surface area (Å²) >= 11 is 3.52. The smallest absolute Gasteiger partial charge is 0.273 e. The van der Waals surface area contributed by atoms with Crippen molar-refractivity contribution in [2.75, 3.05) is 32.4 Å². The highest BCUT2D eigenvalue weighted by atomic mass is 79.9. The van der Waals surface area contributed by atoms with Crippen molar-refractivity contribution >= 4 is 31.7 Å². The van der Waals surface area contributed by atoms with Crippen molar-refractivity contribution in [3.05, 3.63) is 45.7 Å². The molecular formula is C20H27BrN4O3S. The summed E-state index contributed by atoms with van der Waals surface area (Å²) in [7, 11) is -3.18. The number of rotatable bonds is 5. The van der Waals surface area contributed by atoms with E-state index in [1.165, 1.54) is 6.26 Å². The summed E-state index contributed by atoms with van der Waals surface area (Å²) in [6, 6.07) is 7.04. The fraction of sp³-hybridized carbons (Fsp3) is 0.500. The van der Waals surface area contributed by atoms with Gasteiger partial charge < -0.3 is 4.90 Å². The Morgan fingerprint density at radius 1 is 1.14 bits per heavy atom. The van der Waals surface area contributed by atoms with Crippen LogP contribution in [0.15, 0.2) is 33.6 Å². The summed E-state index contributed by atoms with van der Waals surface area (Å²) in [5.74, 6) is 0.0127. The molecule has 1 fully saturated rings. The first kappa shape index (κ1) is 22.0. The van der Waals surface area contributed by atoms with Gasteiger partial charge in [-0.2, -0.15) is 5.10 Å². The van der Waals surface area contributed by atoms with Crippen molar-refractivity contribution in [3.63, 3.8) is 0 Å². The molecule has 0 atom stereocenters. The van der Waals surface area contributed by atoms with Gasteiger partial charge in [-0.3, -0.25) is 14.4 Å². The predicted octanol–water partition coefficient (Wildman–Crippen LogP) is 2.73. The molecule has 0 N–H and O–H groups in total. The van der Waals surface area contributed by atoms with Crippen LogP contribution in [0.1, 0.15) is 35.1 Å². The van der Waals surface area contributed by atoms with Crippen molar-refractivity contribution in [3.8, 4) is 0 Å². The molecule has 1 aliphatic heterocycles. The SMILES string of the molecule is CCn1nc(C)c(Br)c1C(=O)N1CCCN(Cc2ccc(S(C)(=O)=O)cc2)CC1. The fourth-order valence-electron chi connectivity index (χ4n) is 3.57. The molecule has 1 aliphatic rings. The average Bonchev–Trinajstić information content (AvgIpc) is 2.83. The Bertz CT molecular complexity index is 986. The van der Waals surface area contributed by atoms with E-state index in [4.69, 9.17) is 0 Å². The van der Waals surface area contributed by atoms with Gasteiger partial charge >= 0.3 is 0 Å². The molecule has 1 aromatic carbocycles. The number of hydrogen-bond acceptors (Lipinski definition) is 5. The summed E-state index contributed by atoms with van der Waals surface area (Å²) < 4.78 is 25.8. The van der Waals surface area contributed by atoms with E-state index in [-0.39, 0.29) is 5.91 Å². The van der Waals surface area contributed by atoms with Crippen molar-refractivity contribution in [2.24, 2.45) is 0 Å². The normalized spacial score (nSPS) is 16.1. The number of amides is 1. The van der Waals surface area contributed by atoms with E-state index < -0.39 is 9.84 Å². The van der Waals surface area contributed by atoms with Gasteiger partial charge in [0.1, 0.15) is 5.69 Å². The highest BCUT2D eigenvalue weighted by molar-refractivity contribution is 9.10. The van der Waals surface area contributed by atoms with E-state index in [0.29, 0.717) is 30.2 Å². The minimum absolute atomic E-state index is 0.0127. The van der Waals surface area contributed by atoms with Crippen LogP contribution in [-0.4, -0.2) is 66.3 Å². The maximum absolute atomic E-state index is 13.1. The third kappa shape index (κ3) is 5.07. The maximum atomic E-state index is 13.1. The monoisotopic (exact) mass is 482 g/mol. The van der Waals surface area contributed by atoms with E-state index in [9.17, 15) is 13.2 Å². The number of nitrogens with zero attached hydrogens (tertiary/aromatic N) is 4. The molecule has 2 heterocycles. The molecule has 1 aromatic heterocycles. The van der Waals surface area contributed by atoms with Crippen LogP contribution in [0.2, 0.25) is 0 Å². The molecule has 7 nitrogen and oxygen atoms in total. The highest BCUT2D eigenvalue weighted by Gasteiger charge is 2.26. The number of carbonyl (C=O) groups excluding carboxylic acids is 1. The van der Waals surface area contributed by atoms with Gasteiger partial charge in [0.15, 0.2) is 9.84 Å². The van der Waals surface area contributed by atoms with Crippen molar-refractivity contribution in [1.29, 1.82) is 0 Å². The molecule has 158 valence electrons. The standard InChI is InChI=1S/C20H27BrN4O3S/c1-4-25-19(18(21)15(2)22-25)20(26)24-11-5-10-23(12-13-24)14-16-6-8-17(9-7-16)29(3,27)28/h6-9H,4-5,10-14H2,1-3H3. The largest absolute Gasteiger partial charge is 0.336 e. The van der Waals surface area contributed by atoms with Crippen LogP contribution in [-0.2, 0) is 22.9 Å². The van der Waals surface area contributed by atoms with Crippen molar-refractivity contribution < 1.29 is 13.2 Å². The lowest BCUT2D eigenvalue weighted by molar-refractivity contribution is 0.0747. The summed E-state index contributed by atoms with van der Waals surface area (Å²) in [5.41, 5.74) is 2.51. The molecule has 2 aromatic rings. The van der Waals surface area contributed by atoms with Gasteiger partial charge in [0, 0.05) is 45.5 Å². The van der Waals surface area contributed by atoms with Crippen molar-refractivity contribution in [2.45, 2.75) is 38.3 Å². The Hall–Kier alpha value is -1.71. The number of sulfone groups is 1. The zero-order valence-electron chi connectivity index (χ0n) is 17.1. The lowest BCUT2D eigenvalue weighted by atomic mass is 10.2. The molecule has 0 radical (unpaired) electrons. The Labute approximate surface area is 180 Å². The van der Waals surface area contributed by atoms with E-state index in [1.807, 2.05) is 30.9 Å². The number of benzene rings is 1. The number of aromatic nitrogens is 2. The summed E-state index contributed by atoms with van der Waals surface area (Å²) in [4.78, 5) is 17.7. The van der Waals surface area contributed by atoms with E-state index in [0.717, 1.165) is 41.8 Å². The van der Waals surface area contributed by atoms with Crippen LogP contribution < -0.4 is 0 Å². The van der Waals surface area contributed by atoms with Gasteiger partial charge in [-0.1, -0.05) is 12.1 Å². The molecule has 9 heteroatoms. The summed E-state index contributed by atoms with van der Waals surface area (Å²) in [5, 5.41) is 4.43. The summed E-state index contributed by atoms with van der Waals surface area (Å²) in [6.45, 7) is 8.30. The van der Waals surface area contributed by atoms with Crippen LogP contribution >= 0.6 is 15.9 Å². The molecule has 1 amide bonds.